The molecule has 3 rings (SSSR count). The predicted octanol–water partition coefficient (Wildman–Crippen LogP) is 0.905. The molecular weight excluding hydrogens is 237 g/mol. The van der Waals surface area contributed by atoms with E-state index in [0.717, 1.165) is 6.07 Å². The summed E-state index contributed by atoms with van der Waals surface area (Å²) in [6.45, 7) is 0. The first-order chi connectivity index (χ1) is 8.66. The first kappa shape index (κ1) is 10.5. The van der Waals surface area contributed by atoms with E-state index in [1.807, 2.05) is 0 Å². The Kier molecular flexibility index (Phi) is 2.12. The van der Waals surface area contributed by atoms with Crippen LogP contribution in [0.25, 0.3) is 0 Å². The Morgan fingerprint density at radius 3 is 2.83 bits per heavy atom. The molecule has 0 saturated carbocycles. The van der Waals surface area contributed by atoms with Gasteiger partial charge in [-0.1, -0.05) is 0 Å². The van der Waals surface area contributed by atoms with Crippen LogP contribution in [0.2, 0.25) is 0 Å². The molecule has 1 aromatic heterocycles. The van der Waals surface area contributed by atoms with E-state index in [1.165, 1.54) is 18.5 Å². The standard InChI is InChI=1S/C11H7FN5O/c12-6-3-5(1-2-7(6)18)9-8-10(13)14-4-15-11(8)17-16-9/h1-4,18H,(H2,13,14,15). The Hall–Kier alpha value is -2.70. The van der Waals surface area contributed by atoms with Gasteiger partial charge in [0.15, 0.2) is 17.4 Å². The van der Waals surface area contributed by atoms with Crippen molar-refractivity contribution in [2.45, 2.75) is 0 Å². The molecule has 0 atom stereocenters. The maximum absolute atomic E-state index is 13.3. The van der Waals surface area contributed by atoms with Gasteiger partial charge in [-0.2, -0.15) is 0 Å². The van der Waals surface area contributed by atoms with Crippen LogP contribution in [0.5, 0.6) is 5.75 Å². The molecule has 1 aliphatic heterocycles. The fraction of sp³-hybridized carbons (Fsp3) is 0. The number of phenolic OH excluding ortho intramolecular Hbond substituents is 1. The number of rotatable bonds is 1. The van der Waals surface area contributed by atoms with Crippen LogP contribution in [0.3, 0.4) is 0 Å². The van der Waals surface area contributed by atoms with E-state index < -0.39 is 11.6 Å². The minimum Gasteiger partial charge on any atom is -0.505 e. The highest BCUT2D eigenvalue weighted by Crippen LogP contribution is 2.28. The van der Waals surface area contributed by atoms with Gasteiger partial charge < -0.3 is 10.8 Å². The van der Waals surface area contributed by atoms with Gasteiger partial charge >= 0.3 is 0 Å². The van der Waals surface area contributed by atoms with Crippen LogP contribution < -0.4 is 11.2 Å². The largest absolute Gasteiger partial charge is 0.505 e. The van der Waals surface area contributed by atoms with Gasteiger partial charge in [-0.25, -0.2) is 14.4 Å². The molecule has 1 radical (unpaired) electrons. The Bertz CT molecular complexity index is 670. The van der Waals surface area contributed by atoms with Crippen LogP contribution in [0.1, 0.15) is 11.1 Å². The van der Waals surface area contributed by atoms with Gasteiger partial charge in [-0.15, -0.1) is 10.5 Å². The second-order valence-corrected chi connectivity index (χ2v) is 3.67. The summed E-state index contributed by atoms with van der Waals surface area (Å²) in [5.41, 5.74) is 10.9. The van der Waals surface area contributed by atoms with Gasteiger partial charge in [-0.3, -0.25) is 0 Å². The first-order valence-electron chi connectivity index (χ1n) is 5.05. The molecule has 0 saturated heterocycles. The molecule has 89 valence electrons. The van der Waals surface area contributed by atoms with Crippen molar-refractivity contribution in [3.8, 4) is 5.75 Å². The summed E-state index contributed by atoms with van der Waals surface area (Å²) in [4.78, 5) is 7.77. The number of hydrogen-bond donors (Lipinski definition) is 2. The second kappa shape index (κ2) is 3.66. The van der Waals surface area contributed by atoms with Crippen molar-refractivity contribution in [1.82, 2.24) is 15.4 Å². The smallest absolute Gasteiger partial charge is 0.189 e. The van der Waals surface area contributed by atoms with Gasteiger partial charge in [-0.05, 0) is 18.2 Å². The number of anilines is 1. The van der Waals surface area contributed by atoms with Crippen LogP contribution >= 0.6 is 0 Å². The highest BCUT2D eigenvalue weighted by atomic mass is 19.1. The summed E-state index contributed by atoms with van der Waals surface area (Å²) in [6.07, 6.45) is 1.29. The van der Waals surface area contributed by atoms with Crippen molar-refractivity contribution >= 4 is 17.3 Å². The molecule has 6 nitrogen and oxygen atoms in total. The van der Waals surface area contributed by atoms with Crippen LogP contribution in [0.4, 0.5) is 16.0 Å². The lowest BCUT2D eigenvalue weighted by Gasteiger charge is -2.04. The average molecular weight is 244 g/mol. The molecule has 0 aliphatic carbocycles. The number of aromatic nitrogens is 2. The Balaban J connectivity index is 2.14. The highest BCUT2D eigenvalue weighted by Gasteiger charge is 2.24. The van der Waals surface area contributed by atoms with Crippen molar-refractivity contribution in [3.05, 3.63) is 41.5 Å². The normalized spacial score (nSPS) is 12.8. The molecule has 0 amide bonds. The average Bonchev–Trinajstić information content (AvgIpc) is 2.78. The number of nitrogens with zero attached hydrogens (tertiary/aromatic N) is 4. The Morgan fingerprint density at radius 2 is 2.06 bits per heavy atom. The van der Waals surface area contributed by atoms with Gasteiger partial charge in [0.1, 0.15) is 17.9 Å². The number of hydrogen-bond acceptors (Lipinski definition) is 5. The van der Waals surface area contributed by atoms with E-state index in [1.54, 1.807) is 0 Å². The van der Waals surface area contributed by atoms with Gasteiger partial charge in [0.05, 0.1) is 5.56 Å². The number of nitrogen functional groups attached to an aromatic ring is 1. The number of nitrogens with two attached hydrogens (primary N) is 1. The van der Waals surface area contributed by atoms with E-state index in [0.29, 0.717) is 22.7 Å². The molecular formula is C11H7FN5O. The minimum atomic E-state index is -0.737. The van der Waals surface area contributed by atoms with Crippen molar-refractivity contribution < 1.29 is 9.50 Å². The number of aromatic hydroxyl groups is 1. The van der Waals surface area contributed by atoms with Crippen LogP contribution in [0, 0.1) is 5.82 Å². The van der Waals surface area contributed by atoms with Crippen LogP contribution in [0.15, 0.2) is 29.6 Å². The molecule has 3 N–H and O–H groups in total. The number of phenols is 1. The minimum absolute atomic E-state index is 0.230. The van der Waals surface area contributed by atoms with E-state index >= 15 is 0 Å². The quantitative estimate of drug-likeness (QED) is 0.778. The van der Waals surface area contributed by atoms with Crippen molar-refractivity contribution in [3.63, 3.8) is 0 Å². The van der Waals surface area contributed by atoms with Crippen molar-refractivity contribution in [1.29, 1.82) is 0 Å². The van der Waals surface area contributed by atoms with E-state index in [9.17, 15) is 4.39 Å². The van der Waals surface area contributed by atoms with Gasteiger partial charge in [0.2, 0.25) is 0 Å². The van der Waals surface area contributed by atoms with Crippen LogP contribution in [-0.4, -0.2) is 20.8 Å². The van der Waals surface area contributed by atoms with Crippen LogP contribution in [-0.2, 0) is 0 Å². The lowest BCUT2D eigenvalue weighted by Crippen LogP contribution is -2.06. The Morgan fingerprint density at radius 1 is 1.22 bits per heavy atom. The molecule has 1 aromatic carbocycles. The summed E-state index contributed by atoms with van der Waals surface area (Å²) in [6, 6.07) is 3.92. The summed E-state index contributed by atoms with van der Waals surface area (Å²) < 4.78 is 13.3. The zero-order chi connectivity index (χ0) is 12.7. The molecule has 2 heterocycles. The van der Waals surface area contributed by atoms with Gasteiger partial charge in [0.25, 0.3) is 0 Å². The third kappa shape index (κ3) is 1.45. The molecule has 1 aliphatic rings. The van der Waals surface area contributed by atoms with E-state index in [-0.39, 0.29) is 5.82 Å². The number of benzene rings is 1. The third-order valence-electron chi connectivity index (χ3n) is 2.56. The number of halogens is 1. The SMILES string of the molecule is Nc1ncnc2c1C(c1ccc(O)c(F)c1)=N[N]2. The summed E-state index contributed by atoms with van der Waals surface area (Å²) >= 11 is 0. The summed E-state index contributed by atoms with van der Waals surface area (Å²) in [7, 11) is 0. The highest BCUT2D eigenvalue weighted by molar-refractivity contribution is 6.19. The Labute approximate surface area is 101 Å². The molecule has 0 fully saturated rings. The van der Waals surface area contributed by atoms with E-state index in [2.05, 4.69) is 20.5 Å². The summed E-state index contributed by atoms with van der Waals surface area (Å²) in [5.74, 6) is -0.578. The molecule has 7 heteroatoms. The summed E-state index contributed by atoms with van der Waals surface area (Å²) in [5, 5.41) is 13.1. The maximum Gasteiger partial charge on any atom is 0.189 e. The molecule has 0 spiro atoms. The van der Waals surface area contributed by atoms with Crippen molar-refractivity contribution in [2.24, 2.45) is 5.10 Å². The zero-order valence-corrected chi connectivity index (χ0v) is 9.00. The molecule has 2 aromatic rings. The third-order valence-corrected chi connectivity index (χ3v) is 2.56. The fourth-order valence-corrected chi connectivity index (χ4v) is 1.70. The fourth-order valence-electron chi connectivity index (χ4n) is 1.70. The molecule has 0 bridgehead atoms. The molecule has 18 heavy (non-hydrogen) atoms. The zero-order valence-electron chi connectivity index (χ0n) is 9.00. The molecule has 0 unspecified atom stereocenters. The van der Waals surface area contributed by atoms with Gasteiger partial charge in [0, 0.05) is 5.56 Å². The van der Waals surface area contributed by atoms with Crippen molar-refractivity contribution in [2.75, 3.05) is 5.73 Å². The maximum atomic E-state index is 13.3. The predicted molar refractivity (Wildman–Crippen MR) is 61.9 cm³/mol. The van der Waals surface area contributed by atoms with E-state index in [4.69, 9.17) is 10.8 Å². The first-order valence-corrected chi connectivity index (χ1v) is 5.05. The number of fused-ring (bicyclic) bond motifs is 1. The lowest BCUT2D eigenvalue weighted by molar-refractivity contribution is 0.432. The topological polar surface area (TPSA) is 98.5 Å². The second-order valence-electron chi connectivity index (χ2n) is 3.67. The monoisotopic (exact) mass is 244 g/mol. The lowest BCUT2D eigenvalue weighted by atomic mass is 10.0.